The van der Waals surface area contributed by atoms with E-state index in [1.807, 2.05) is 6.92 Å². The molecule has 4 heteroatoms. The van der Waals surface area contributed by atoms with E-state index in [9.17, 15) is 19.5 Å². The fraction of sp³-hybridized carbons (Fsp3) is 0.824. The summed E-state index contributed by atoms with van der Waals surface area (Å²) >= 11 is 0. The van der Waals surface area contributed by atoms with Crippen LogP contribution in [0.4, 0.5) is 0 Å². The number of carboxylic acids is 1. The Hall–Kier alpha value is -1.19. The minimum atomic E-state index is -0.738. The zero-order valence-electron chi connectivity index (χ0n) is 13.3. The van der Waals surface area contributed by atoms with E-state index in [0.29, 0.717) is 32.1 Å². The van der Waals surface area contributed by atoms with Crippen molar-refractivity contribution in [3.8, 4) is 0 Å². The van der Waals surface area contributed by atoms with Gasteiger partial charge in [-0.15, -0.1) is 0 Å². The summed E-state index contributed by atoms with van der Waals surface area (Å²) in [5.74, 6) is -0.530. The molecule has 2 saturated carbocycles. The predicted octanol–water partition coefficient (Wildman–Crippen LogP) is 3.23. The Morgan fingerprint density at radius 1 is 1.29 bits per heavy atom. The van der Waals surface area contributed by atoms with Crippen LogP contribution in [-0.4, -0.2) is 22.6 Å². The Kier molecular flexibility index (Phi) is 4.27. The zero-order valence-corrected chi connectivity index (χ0v) is 13.3. The monoisotopic (exact) mass is 294 g/mol. The average molecular weight is 294 g/mol. The van der Waals surface area contributed by atoms with Crippen molar-refractivity contribution in [2.24, 2.45) is 22.7 Å². The summed E-state index contributed by atoms with van der Waals surface area (Å²) in [4.78, 5) is 35.5. The first-order chi connectivity index (χ1) is 9.71. The fourth-order valence-corrected chi connectivity index (χ4v) is 4.90. The van der Waals surface area contributed by atoms with Crippen LogP contribution in [0.2, 0.25) is 0 Å². The molecular weight excluding hydrogens is 268 g/mol. The highest BCUT2D eigenvalue weighted by atomic mass is 16.4. The highest BCUT2D eigenvalue weighted by Crippen LogP contribution is 2.60. The van der Waals surface area contributed by atoms with Gasteiger partial charge in [0.25, 0.3) is 0 Å². The van der Waals surface area contributed by atoms with Crippen LogP contribution < -0.4 is 0 Å². The standard InChI is InChI=1S/C17H26O4/c1-11(18)5-6-12-13(19)7-8-14-16(12,2)9-4-10-17(14,3)15(20)21/h12,14H,4-10H2,1-3H3,(H,20,21)/t12-,14-,16+,17-/m0/s1. The zero-order chi connectivity index (χ0) is 15.8. The molecule has 118 valence electrons. The number of aliphatic carboxylic acids is 1. The van der Waals surface area contributed by atoms with Gasteiger partial charge >= 0.3 is 5.97 Å². The maximum atomic E-state index is 12.4. The molecule has 4 nitrogen and oxygen atoms in total. The van der Waals surface area contributed by atoms with Crippen LogP contribution in [0.3, 0.4) is 0 Å². The quantitative estimate of drug-likeness (QED) is 0.864. The van der Waals surface area contributed by atoms with Gasteiger partial charge in [0, 0.05) is 18.8 Å². The van der Waals surface area contributed by atoms with Crippen LogP contribution in [0.15, 0.2) is 0 Å². The maximum absolute atomic E-state index is 12.4. The smallest absolute Gasteiger partial charge is 0.309 e. The molecule has 2 fully saturated rings. The Bertz CT molecular complexity index is 469. The molecule has 0 aromatic heterocycles. The van der Waals surface area contributed by atoms with E-state index >= 15 is 0 Å². The molecule has 0 aromatic rings. The van der Waals surface area contributed by atoms with Crippen molar-refractivity contribution in [3.63, 3.8) is 0 Å². The highest BCUT2D eigenvalue weighted by Gasteiger charge is 2.58. The molecule has 0 unspecified atom stereocenters. The number of hydrogen-bond acceptors (Lipinski definition) is 3. The van der Waals surface area contributed by atoms with Crippen LogP contribution in [-0.2, 0) is 14.4 Å². The predicted molar refractivity (Wildman–Crippen MR) is 78.8 cm³/mol. The Morgan fingerprint density at radius 2 is 1.95 bits per heavy atom. The lowest BCUT2D eigenvalue weighted by Gasteiger charge is -2.56. The molecule has 21 heavy (non-hydrogen) atoms. The van der Waals surface area contributed by atoms with E-state index in [4.69, 9.17) is 0 Å². The van der Waals surface area contributed by atoms with Gasteiger partial charge in [-0.1, -0.05) is 13.3 Å². The Labute approximate surface area is 126 Å². The van der Waals surface area contributed by atoms with Gasteiger partial charge in [-0.2, -0.15) is 0 Å². The van der Waals surface area contributed by atoms with Crippen LogP contribution in [0, 0.1) is 22.7 Å². The number of ketones is 2. The maximum Gasteiger partial charge on any atom is 0.309 e. The van der Waals surface area contributed by atoms with E-state index in [1.165, 1.54) is 0 Å². The van der Waals surface area contributed by atoms with E-state index < -0.39 is 11.4 Å². The first-order valence-corrected chi connectivity index (χ1v) is 7.97. The van der Waals surface area contributed by atoms with Crippen molar-refractivity contribution < 1.29 is 19.5 Å². The normalized spacial score (nSPS) is 39.7. The molecule has 0 saturated heterocycles. The molecule has 0 spiro atoms. The number of carbonyl (C=O) groups excluding carboxylic acids is 2. The van der Waals surface area contributed by atoms with E-state index in [0.717, 1.165) is 12.8 Å². The molecule has 0 heterocycles. The highest BCUT2D eigenvalue weighted by molar-refractivity contribution is 5.85. The third-order valence-electron chi connectivity index (χ3n) is 6.11. The first-order valence-electron chi connectivity index (χ1n) is 7.97. The lowest BCUT2D eigenvalue weighted by atomic mass is 9.47. The van der Waals surface area contributed by atoms with Crippen LogP contribution in [0.5, 0.6) is 0 Å². The van der Waals surface area contributed by atoms with Crippen molar-refractivity contribution in [3.05, 3.63) is 0 Å². The summed E-state index contributed by atoms with van der Waals surface area (Å²) in [5.41, 5.74) is -1.00. The minimum Gasteiger partial charge on any atom is -0.481 e. The number of hydrogen-bond donors (Lipinski definition) is 1. The molecule has 0 aliphatic heterocycles. The van der Waals surface area contributed by atoms with Crippen LogP contribution >= 0.6 is 0 Å². The summed E-state index contributed by atoms with van der Waals surface area (Å²) in [6, 6.07) is 0. The van der Waals surface area contributed by atoms with Crippen molar-refractivity contribution in [2.75, 3.05) is 0 Å². The van der Waals surface area contributed by atoms with Gasteiger partial charge in [0.2, 0.25) is 0 Å². The Morgan fingerprint density at radius 3 is 2.52 bits per heavy atom. The Balaban J connectivity index is 2.33. The molecule has 0 amide bonds. The van der Waals surface area contributed by atoms with Gasteiger partial charge in [0.15, 0.2) is 0 Å². The topological polar surface area (TPSA) is 71.4 Å². The number of carbonyl (C=O) groups is 3. The van der Waals surface area contributed by atoms with Crippen molar-refractivity contribution in [1.29, 1.82) is 0 Å². The average Bonchev–Trinajstić information content (AvgIpc) is 2.36. The van der Waals surface area contributed by atoms with Crippen molar-refractivity contribution >= 4 is 17.5 Å². The third-order valence-corrected chi connectivity index (χ3v) is 6.11. The minimum absolute atomic E-state index is 0.0332. The summed E-state index contributed by atoms with van der Waals surface area (Å²) < 4.78 is 0. The van der Waals surface area contributed by atoms with Gasteiger partial charge in [-0.05, 0) is 50.9 Å². The second-order valence-electron chi connectivity index (χ2n) is 7.43. The second-order valence-corrected chi connectivity index (χ2v) is 7.43. The molecule has 2 rings (SSSR count). The number of rotatable bonds is 4. The molecular formula is C17H26O4. The molecule has 0 radical (unpaired) electrons. The summed E-state index contributed by atoms with van der Waals surface area (Å²) in [6.45, 7) is 5.48. The molecule has 0 bridgehead atoms. The SMILES string of the molecule is CC(=O)CC[C@H]1C(=O)CC[C@H]2[C@]1(C)CCC[C@]2(C)C(=O)O. The van der Waals surface area contributed by atoms with Crippen molar-refractivity contribution in [1.82, 2.24) is 0 Å². The van der Waals surface area contributed by atoms with Crippen molar-refractivity contribution in [2.45, 2.75) is 65.7 Å². The molecule has 2 aliphatic rings. The number of Topliss-reactive ketones (excluding diaryl/α,β-unsaturated/α-hetero) is 2. The fourth-order valence-electron chi connectivity index (χ4n) is 4.90. The summed E-state index contributed by atoms with van der Waals surface area (Å²) in [6.07, 6.45) is 4.57. The second kappa shape index (κ2) is 5.54. The summed E-state index contributed by atoms with van der Waals surface area (Å²) in [5, 5.41) is 9.68. The van der Waals surface area contributed by atoms with Gasteiger partial charge in [0.1, 0.15) is 11.6 Å². The first kappa shape index (κ1) is 16.2. The number of carboxylic acid groups (broad SMARTS) is 1. The molecule has 4 atom stereocenters. The molecule has 1 N–H and O–H groups in total. The van der Waals surface area contributed by atoms with Gasteiger partial charge in [-0.3, -0.25) is 9.59 Å². The summed E-state index contributed by atoms with van der Waals surface area (Å²) in [7, 11) is 0. The van der Waals surface area contributed by atoms with Gasteiger partial charge in [0.05, 0.1) is 5.41 Å². The van der Waals surface area contributed by atoms with E-state index in [-0.39, 0.29) is 28.8 Å². The van der Waals surface area contributed by atoms with E-state index in [2.05, 4.69) is 6.92 Å². The molecule has 0 aromatic carbocycles. The van der Waals surface area contributed by atoms with Gasteiger partial charge in [-0.25, -0.2) is 0 Å². The lowest BCUT2D eigenvalue weighted by molar-refractivity contribution is -0.170. The van der Waals surface area contributed by atoms with Crippen LogP contribution in [0.25, 0.3) is 0 Å². The largest absolute Gasteiger partial charge is 0.481 e. The van der Waals surface area contributed by atoms with E-state index in [1.54, 1.807) is 6.92 Å². The van der Waals surface area contributed by atoms with Crippen LogP contribution in [0.1, 0.15) is 65.7 Å². The number of fused-ring (bicyclic) bond motifs is 1. The van der Waals surface area contributed by atoms with Gasteiger partial charge < -0.3 is 9.90 Å². The third kappa shape index (κ3) is 2.65. The molecule has 2 aliphatic carbocycles. The lowest BCUT2D eigenvalue weighted by Crippen LogP contribution is -2.55.